The molecule has 0 unspecified atom stereocenters. The Balaban J connectivity index is 2.03. The molecule has 18 heavy (non-hydrogen) atoms. The van der Waals surface area contributed by atoms with Crippen LogP contribution in [0.3, 0.4) is 0 Å². The molecular weight excluding hydrogens is 258 g/mol. The lowest BCUT2D eigenvalue weighted by atomic mass is 10.3. The lowest BCUT2D eigenvalue weighted by Gasteiger charge is -2.22. The Morgan fingerprint density at radius 2 is 2.50 bits per heavy atom. The molecule has 2 heterocycles. The fourth-order valence-electron chi connectivity index (χ4n) is 1.23. The van der Waals surface area contributed by atoms with Crippen molar-refractivity contribution in [3.8, 4) is 0 Å². The van der Waals surface area contributed by atoms with Crippen molar-refractivity contribution >= 4 is 35.0 Å². The summed E-state index contributed by atoms with van der Waals surface area (Å²) in [5.74, 6) is -1.21. The number of carbonyl (C=O) groups is 2. The molecule has 1 atom stereocenters. The molecule has 1 aliphatic heterocycles. The highest BCUT2D eigenvalue weighted by molar-refractivity contribution is 8.15. The van der Waals surface area contributed by atoms with E-state index in [-0.39, 0.29) is 11.6 Å². The van der Waals surface area contributed by atoms with E-state index in [1.54, 1.807) is 12.1 Å². The summed E-state index contributed by atoms with van der Waals surface area (Å²) in [5, 5.41) is 19.7. The maximum Gasteiger partial charge on any atom is 0.227 e. The number of hydrogen-bond acceptors (Lipinski definition) is 7. The van der Waals surface area contributed by atoms with Crippen LogP contribution in [0.1, 0.15) is 12.2 Å². The second-order valence-electron chi connectivity index (χ2n) is 3.34. The van der Waals surface area contributed by atoms with Gasteiger partial charge in [-0.15, -0.1) is 5.10 Å². The van der Waals surface area contributed by atoms with Gasteiger partial charge in [0.15, 0.2) is 5.17 Å². The van der Waals surface area contributed by atoms with Gasteiger partial charge in [-0.3, -0.25) is 4.79 Å². The van der Waals surface area contributed by atoms with E-state index in [1.165, 1.54) is 12.5 Å². The van der Waals surface area contributed by atoms with E-state index in [1.807, 2.05) is 0 Å². The zero-order valence-electron chi connectivity index (χ0n) is 9.03. The Bertz CT molecular complexity index is 509. The molecule has 0 spiro atoms. The Labute approximate surface area is 106 Å². The third-order valence-electron chi connectivity index (χ3n) is 2.01. The molecule has 8 heteroatoms. The van der Waals surface area contributed by atoms with Crippen LogP contribution in [-0.4, -0.2) is 28.5 Å². The third-order valence-corrected chi connectivity index (χ3v) is 3.06. The minimum absolute atomic E-state index is 0.128. The number of nitrogens with zero attached hydrogens (tertiary/aromatic N) is 2. The van der Waals surface area contributed by atoms with E-state index in [0.29, 0.717) is 5.76 Å². The summed E-state index contributed by atoms with van der Waals surface area (Å²) in [5.41, 5.74) is 0. The van der Waals surface area contributed by atoms with Gasteiger partial charge in [-0.1, -0.05) is 11.8 Å². The molecule has 0 aliphatic carbocycles. The monoisotopic (exact) mass is 266 g/mol. The number of hydrogen-bond donors (Lipinski definition) is 1. The summed E-state index contributed by atoms with van der Waals surface area (Å²) in [6.07, 6.45) is 2.70. The average molecular weight is 266 g/mol. The highest BCUT2D eigenvalue weighted by Crippen LogP contribution is 2.19. The number of thioether (sulfide) groups is 1. The highest BCUT2D eigenvalue weighted by Gasteiger charge is 2.25. The Kier molecular flexibility index (Phi) is 3.78. The van der Waals surface area contributed by atoms with Crippen LogP contribution in [0, 0.1) is 0 Å². The fourth-order valence-corrected chi connectivity index (χ4v) is 2.09. The molecule has 1 aliphatic rings. The van der Waals surface area contributed by atoms with Gasteiger partial charge in [0.1, 0.15) is 5.76 Å². The summed E-state index contributed by atoms with van der Waals surface area (Å²) in [4.78, 5) is 21.9. The van der Waals surface area contributed by atoms with Gasteiger partial charge in [-0.2, -0.15) is 5.10 Å². The van der Waals surface area contributed by atoms with E-state index in [9.17, 15) is 14.7 Å². The molecule has 7 nitrogen and oxygen atoms in total. The normalized spacial score (nSPS) is 22.3. The molecule has 1 amide bonds. The molecule has 1 aromatic heterocycles. The first-order valence-electron chi connectivity index (χ1n) is 4.97. The number of carboxylic acids is 1. The number of aliphatic carboxylic acids is 1. The fraction of sp³-hybridized carbons (Fsp3) is 0.200. The molecule has 94 valence electrons. The van der Waals surface area contributed by atoms with E-state index < -0.39 is 17.1 Å². The number of carboxylic acid groups (broad SMARTS) is 1. The lowest BCUT2D eigenvalue weighted by molar-refractivity contribution is -0.304. The van der Waals surface area contributed by atoms with Crippen LogP contribution in [0.25, 0.3) is 0 Å². The quantitative estimate of drug-likeness (QED) is 0.577. The average Bonchev–Trinajstić information content (AvgIpc) is 2.81. The highest BCUT2D eigenvalue weighted by atomic mass is 32.2. The number of rotatable bonds is 3. The van der Waals surface area contributed by atoms with E-state index in [2.05, 4.69) is 15.5 Å². The summed E-state index contributed by atoms with van der Waals surface area (Å²) in [6.45, 7) is 0. The van der Waals surface area contributed by atoms with Crippen molar-refractivity contribution in [2.75, 3.05) is 0 Å². The summed E-state index contributed by atoms with van der Waals surface area (Å²) >= 11 is 0.892. The first kappa shape index (κ1) is 12.4. The predicted octanol–water partition coefficient (Wildman–Crippen LogP) is -0.659. The minimum atomic E-state index is -1.29. The summed E-state index contributed by atoms with van der Waals surface area (Å²) in [7, 11) is 0. The number of amides is 1. The molecule has 2 rings (SSSR count). The summed E-state index contributed by atoms with van der Waals surface area (Å²) < 4.78 is 4.99. The van der Waals surface area contributed by atoms with Crippen molar-refractivity contribution < 1.29 is 19.1 Å². The van der Waals surface area contributed by atoms with Crippen LogP contribution >= 0.6 is 11.8 Å². The molecule has 0 aromatic carbocycles. The number of furan rings is 1. The molecule has 1 aromatic rings. The smallest absolute Gasteiger partial charge is 0.227 e. The Morgan fingerprint density at radius 1 is 1.67 bits per heavy atom. The molecule has 1 fully saturated rings. The van der Waals surface area contributed by atoms with E-state index >= 15 is 0 Å². The molecule has 0 bridgehead atoms. The first-order chi connectivity index (χ1) is 8.65. The SMILES string of the molecule is O=C1C[C@H](C(=O)[O-])S/C(=N/N=C\c2ccco2)N1. The molecule has 0 saturated carbocycles. The molecule has 0 radical (unpaired) electrons. The topological polar surface area (TPSA) is 107 Å². The first-order valence-corrected chi connectivity index (χ1v) is 5.85. The largest absolute Gasteiger partial charge is 0.549 e. The second kappa shape index (κ2) is 5.50. The van der Waals surface area contributed by atoms with Gasteiger partial charge in [0.05, 0.1) is 23.7 Å². The minimum Gasteiger partial charge on any atom is -0.549 e. The van der Waals surface area contributed by atoms with Crippen molar-refractivity contribution in [1.82, 2.24) is 5.32 Å². The van der Waals surface area contributed by atoms with Gasteiger partial charge in [-0.25, -0.2) is 0 Å². The third kappa shape index (κ3) is 3.20. The summed E-state index contributed by atoms with van der Waals surface area (Å²) in [6, 6.07) is 3.37. The van der Waals surface area contributed by atoms with Crippen LogP contribution in [-0.2, 0) is 9.59 Å². The van der Waals surface area contributed by atoms with Crippen LogP contribution in [0.15, 0.2) is 33.0 Å². The van der Waals surface area contributed by atoms with Crippen LogP contribution in [0.2, 0.25) is 0 Å². The van der Waals surface area contributed by atoms with Gasteiger partial charge in [-0.05, 0) is 12.1 Å². The Hall–Kier alpha value is -2.09. The maximum atomic E-state index is 11.2. The van der Waals surface area contributed by atoms with Crippen LogP contribution in [0.4, 0.5) is 0 Å². The number of carbonyl (C=O) groups excluding carboxylic acids is 2. The molecule has 1 saturated heterocycles. The van der Waals surface area contributed by atoms with Gasteiger partial charge in [0.2, 0.25) is 5.91 Å². The number of amidine groups is 1. The van der Waals surface area contributed by atoms with Crippen molar-refractivity contribution in [2.24, 2.45) is 10.2 Å². The predicted molar refractivity (Wildman–Crippen MR) is 62.9 cm³/mol. The van der Waals surface area contributed by atoms with Gasteiger partial charge in [0, 0.05) is 6.42 Å². The van der Waals surface area contributed by atoms with Crippen molar-refractivity contribution in [1.29, 1.82) is 0 Å². The second-order valence-corrected chi connectivity index (χ2v) is 4.53. The zero-order chi connectivity index (χ0) is 13.0. The van der Waals surface area contributed by atoms with Crippen molar-refractivity contribution in [3.05, 3.63) is 24.2 Å². The Morgan fingerprint density at radius 3 is 3.17 bits per heavy atom. The molecule has 1 N–H and O–H groups in total. The molecular formula is C10H8N3O4S-. The van der Waals surface area contributed by atoms with Crippen molar-refractivity contribution in [3.63, 3.8) is 0 Å². The van der Waals surface area contributed by atoms with Gasteiger partial charge >= 0.3 is 0 Å². The maximum absolute atomic E-state index is 11.2. The standard InChI is InChI=1S/C10H9N3O4S/c14-8-4-7(9(15)16)18-10(12-8)13-11-5-6-2-1-3-17-6/h1-3,5,7H,4H2,(H,15,16)(H,12,13,14)/p-1/b11-5-/t7-/m1/s1. The number of nitrogens with one attached hydrogen (secondary N) is 1. The van der Waals surface area contributed by atoms with E-state index in [0.717, 1.165) is 11.8 Å². The van der Waals surface area contributed by atoms with E-state index in [4.69, 9.17) is 4.42 Å². The van der Waals surface area contributed by atoms with Crippen molar-refractivity contribution in [2.45, 2.75) is 11.7 Å². The van der Waals surface area contributed by atoms with Crippen LogP contribution in [0.5, 0.6) is 0 Å². The van der Waals surface area contributed by atoms with Crippen LogP contribution < -0.4 is 10.4 Å². The van der Waals surface area contributed by atoms with Gasteiger partial charge in [0.25, 0.3) is 0 Å². The van der Waals surface area contributed by atoms with Gasteiger partial charge < -0.3 is 19.6 Å². The lowest BCUT2D eigenvalue weighted by Crippen LogP contribution is -2.44. The zero-order valence-corrected chi connectivity index (χ0v) is 9.85.